The molecule has 1 aliphatic rings. The number of carbonyl (C=O) groups is 1. The molecule has 1 aromatic rings. The lowest BCUT2D eigenvalue weighted by Crippen LogP contribution is -2.22. The molecule has 1 unspecified atom stereocenters. The number of nitrogens with two attached hydrogens (primary N) is 1. The maximum atomic E-state index is 10.9. The van der Waals surface area contributed by atoms with Gasteiger partial charge in [0.2, 0.25) is 0 Å². The van der Waals surface area contributed by atoms with Crippen LogP contribution in [0.15, 0.2) is 12.3 Å². The molecule has 1 aromatic heterocycles. The Labute approximate surface area is 98.7 Å². The lowest BCUT2D eigenvalue weighted by molar-refractivity contribution is 0.0698. The highest BCUT2D eigenvalue weighted by atomic mass is 16.4. The van der Waals surface area contributed by atoms with E-state index in [0.29, 0.717) is 12.4 Å². The molecule has 0 bridgehead atoms. The maximum Gasteiger partial charge on any atom is 0.337 e. The van der Waals surface area contributed by atoms with Crippen LogP contribution < -0.4 is 10.6 Å². The number of aromatic carboxylic acids is 1. The number of nitrogen functional groups attached to an aromatic ring is 1. The zero-order valence-electron chi connectivity index (χ0n) is 9.33. The van der Waals surface area contributed by atoms with Gasteiger partial charge >= 0.3 is 5.97 Å². The number of carboxylic acids is 1. The van der Waals surface area contributed by atoms with Crippen LogP contribution in [0, 0.1) is 5.92 Å². The van der Waals surface area contributed by atoms with Crippen LogP contribution in [-0.4, -0.2) is 40.9 Å². The van der Waals surface area contributed by atoms with Gasteiger partial charge in [-0.15, -0.1) is 0 Å². The first-order valence-electron chi connectivity index (χ1n) is 5.46. The van der Waals surface area contributed by atoms with Crippen LogP contribution >= 0.6 is 0 Å². The van der Waals surface area contributed by atoms with Gasteiger partial charge in [-0.25, -0.2) is 9.78 Å². The van der Waals surface area contributed by atoms with Crippen LogP contribution in [0.5, 0.6) is 0 Å². The van der Waals surface area contributed by atoms with Crippen molar-refractivity contribution in [1.29, 1.82) is 0 Å². The molecule has 0 radical (unpaired) electrons. The summed E-state index contributed by atoms with van der Waals surface area (Å²) in [5.41, 5.74) is 5.78. The van der Waals surface area contributed by atoms with Crippen molar-refractivity contribution in [3.8, 4) is 0 Å². The SMILES string of the molecule is Nc1cnc(N2CCC(CO)C2)cc1C(=O)O. The minimum Gasteiger partial charge on any atom is -0.478 e. The van der Waals surface area contributed by atoms with Crippen molar-refractivity contribution in [2.24, 2.45) is 5.92 Å². The Kier molecular flexibility index (Phi) is 3.14. The highest BCUT2D eigenvalue weighted by molar-refractivity contribution is 5.94. The van der Waals surface area contributed by atoms with E-state index in [0.717, 1.165) is 13.0 Å². The van der Waals surface area contributed by atoms with E-state index in [9.17, 15) is 4.79 Å². The average molecular weight is 237 g/mol. The Hall–Kier alpha value is -1.82. The number of hydrogen-bond acceptors (Lipinski definition) is 5. The fraction of sp³-hybridized carbons (Fsp3) is 0.455. The lowest BCUT2D eigenvalue weighted by atomic mass is 10.1. The van der Waals surface area contributed by atoms with Crippen LogP contribution in [0.25, 0.3) is 0 Å². The predicted octanol–water partition coefficient (Wildman–Crippen LogP) is 0.181. The van der Waals surface area contributed by atoms with Gasteiger partial charge in [0.25, 0.3) is 0 Å². The summed E-state index contributed by atoms with van der Waals surface area (Å²) in [4.78, 5) is 17.0. The normalized spacial score (nSPS) is 19.6. The molecule has 92 valence electrons. The summed E-state index contributed by atoms with van der Waals surface area (Å²) >= 11 is 0. The number of carboxylic acid groups (broad SMARTS) is 1. The first-order chi connectivity index (χ1) is 8.11. The number of nitrogens with zero attached hydrogens (tertiary/aromatic N) is 2. The van der Waals surface area contributed by atoms with Crippen molar-refractivity contribution in [1.82, 2.24) is 4.98 Å². The maximum absolute atomic E-state index is 10.9. The zero-order chi connectivity index (χ0) is 12.4. The van der Waals surface area contributed by atoms with E-state index >= 15 is 0 Å². The standard InChI is InChI=1S/C11H15N3O3/c12-9-4-13-10(3-8(9)11(16)17)14-2-1-7(5-14)6-15/h3-4,7,15H,1-2,5-6,12H2,(H,16,17). The number of rotatable bonds is 3. The molecule has 6 nitrogen and oxygen atoms in total. The average Bonchev–Trinajstić information content (AvgIpc) is 2.78. The predicted molar refractivity (Wildman–Crippen MR) is 63.0 cm³/mol. The second-order valence-corrected chi connectivity index (χ2v) is 4.22. The molecule has 1 saturated heterocycles. The molecule has 1 atom stereocenters. The number of hydrogen-bond donors (Lipinski definition) is 3. The molecule has 0 amide bonds. The molecule has 2 heterocycles. The quantitative estimate of drug-likeness (QED) is 0.693. The lowest BCUT2D eigenvalue weighted by Gasteiger charge is -2.17. The van der Waals surface area contributed by atoms with Crippen LogP contribution in [-0.2, 0) is 0 Å². The van der Waals surface area contributed by atoms with E-state index < -0.39 is 5.97 Å². The molecule has 0 spiro atoms. The van der Waals surface area contributed by atoms with Gasteiger partial charge < -0.3 is 20.8 Å². The molecule has 0 aromatic carbocycles. The van der Waals surface area contributed by atoms with Crippen molar-refractivity contribution in [3.63, 3.8) is 0 Å². The molecule has 1 aliphatic heterocycles. The molecule has 4 N–H and O–H groups in total. The minimum atomic E-state index is -1.05. The number of aliphatic hydroxyl groups is 1. The van der Waals surface area contributed by atoms with E-state index in [2.05, 4.69) is 4.98 Å². The number of aliphatic hydroxyl groups excluding tert-OH is 1. The first kappa shape index (κ1) is 11.7. The molecule has 0 aliphatic carbocycles. The summed E-state index contributed by atoms with van der Waals surface area (Å²) in [7, 11) is 0. The molecular weight excluding hydrogens is 222 g/mol. The van der Waals surface area contributed by atoms with Crippen LogP contribution in [0.2, 0.25) is 0 Å². The van der Waals surface area contributed by atoms with Crippen molar-refractivity contribution in [3.05, 3.63) is 17.8 Å². The van der Waals surface area contributed by atoms with Gasteiger partial charge in [0, 0.05) is 25.6 Å². The van der Waals surface area contributed by atoms with E-state index in [-0.39, 0.29) is 23.8 Å². The number of anilines is 2. The van der Waals surface area contributed by atoms with Gasteiger partial charge in [-0.2, -0.15) is 0 Å². The monoisotopic (exact) mass is 237 g/mol. The molecule has 1 fully saturated rings. The third kappa shape index (κ3) is 2.31. The Morgan fingerprint density at radius 1 is 1.65 bits per heavy atom. The van der Waals surface area contributed by atoms with Crippen molar-refractivity contribution in [2.45, 2.75) is 6.42 Å². The Balaban J connectivity index is 2.22. The van der Waals surface area contributed by atoms with E-state index in [1.807, 2.05) is 4.90 Å². The third-order valence-electron chi connectivity index (χ3n) is 3.02. The summed E-state index contributed by atoms with van der Waals surface area (Å²) in [6.45, 7) is 1.63. The fourth-order valence-electron chi connectivity index (χ4n) is 2.00. The van der Waals surface area contributed by atoms with Crippen LogP contribution in [0.1, 0.15) is 16.8 Å². The summed E-state index contributed by atoms with van der Waals surface area (Å²) in [5.74, 6) is -0.209. The summed E-state index contributed by atoms with van der Waals surface area (Å²) < 4.78 is 0. The van der Waals surface area contributed by atoms with Gasteiger partial charge in [-0.1, -0.05) is 0 Å². The fourth-order valence-corrected chi connectivity index (χ4v) is 2.00. The van der Waals surface area contributed by atoms with Crippen molar-refractivity contribution < 1.29 is 15.0 Å². The highest BCUT2D eigenvalue weighted by Crippen LogP contribution is 2.24. The summed E-state index contributed by atoms with van der Waals surface area (Å²) in [6, 6.07) is 1.48. The van der Waals surface area contributed by atoms with Gasteiger partial charge in [-0.3, -0.25) is 0 Å². The van der Waals surface area contributed by atoms with E-state index in [1.165, 1.54) is 12.3 Å². The largest absolute Gasteiger partial charge is 0.478 e. The second kappa shape index (κ2) is 4.58. The third-order valence-corrected chi connectivity index (χ3v) is 3.02. The van der Waals surface area contributed by atoms with Crippen molar-refractivity contribution >= 4 is 17.5 Å². The molecule has 2 rings (SSSR count). The number of pyridine rings is 1. The Morgan fingerprint density at radius 2 is 2.41 bits per heavy atom. The van der Waals surface area contributed by atoms with E-state index in [1.54, 1.807) is 0 Å². The molecule has 0 saturated carbocycles. The minimum absolute atomic E-state index is 0.0717. The van der Waals surface area contributed by atoms with Gasteiger partial charge in [-0.05, 0) is 12.5 Å². The summed E-state index contributed by atoms with van der Waals surface area (Å²) in [5, 5.41) is 18.0. The smallest absolute Gasteiger partial charge is 0.337 e. The molecule has 6 heteroatoms. The second-order valence-electron chi connectivity index (χ2n) is 4.22. The zero-order valence-corrected chi connectivity index (χ0v) is 9.33. The Morgan fingerprint density at radius 3 is 3.00 bits per heavy atom. The topological polar surface area (TPSA) is 99.7 Å². The number of aromatic nitrogens is 1. The van der Waals surface area contributed by atoms with Gasteiger partial charge in [0.05, 0.1) is 17.4 Å². The molecular formula is C11H15N3O3. The highest BCUT2D eigenvalue weighted by Gasteiger charge is 2.23. The van der Waals surface area contributed by atoms with Crippen molar-refractivity contribution in [2.75, 3.05) is 30.3 Å². The first-order valence-corrected chi connectivity index (χ1v) is 5.46. The van der Waals surface area contributed by atoms with Gasteiger partial charge in [0.15, 0.2) is 0 Å². The van der Waals surface area contributed by atoms with Crippen LogP contribution in [0.3, 0.4) is 0 Å². The molecule has 17 heavy (non-hydrogen) atoms. The van der Waals surface area contributed by atoms with E-state index in [4.69, 9.17) is 15.9 Å². The Bertz CT molecular complexity index is 436. The van der Waals surface area contributed by atoms with Crippen LogP contribution in [0.4, 0.5) is 11.5 Å². The summed E-state index contributed by atoms with van der Waals surface area (Å²) in [6.07, 6.45) is 2.26. The van der Waals surface area contributed by atoms with Gasteiger partial charge in [0.1, 0.15) is 5.82 Å².